The molecule has 22 heavy (non-hydrogen) atoms. The Labute approximate surface area is 135 Å². The summed E-state index contributed by atoms with van der Waals surface area (Å²) in [6.07, 6.45) is 1.47. The minimum absolute atomic E-state index is 0.220. The number of carbonyl (C=O) groups excluding carboxylic acids is 1. The third-order valence-electron chi connectivity index (χ3n) is 3.84. The van der Waals surface area contributed by atoms with Crippen molar-refractivity contribution in [3.05, 3.63) is 35.6 Å². The SMILES string of the molecule is COC(c1ccccc1F)C(C)NC(=O)NC1CCSCC1. The topological polar surface area (TPSA) is 50.4 Å². The molecule has 2 amide bonds. The second-order valence-electron chi connectivity index (χ2n) is 5.47. The monoisotopic (exact) mass is 326 g/mol. The fourth-order valence-electron chi connectivity index (χ4n) is 2.66. The average molecular weight is 326 g/mol. The Hall–Kier alpha value is -1.27. The zero-order valence-electron chi connectivity index (χ0n) is 13.0. The molecule has 0 saturated carbocycles. The quantitative estimate of drug-likeness (QED) is 0.874. The van der Waals surface area contributed by atoms with Crippen molar-refractivity contribution in [2.45, 2.75) is 38.0 Å². The van der Waals surface area contributed by atoms with Gasteiger partial charge in [-0.1, -0.05) is 18.2 Å². The van der Waals surface area contributed by atoms with Gasteiger partial charge in [-0.25, -0.2) is 9.18 Å². The van der Waals surface area contributed by atoms with Crippen LogP contribution in [0.15, 0.2) is 24.3 Å². The van der Waals surface area contributed by atoms with Gasteiger partial charge in [-0.15, -0.1) is 0 Å². The van der Waals surface area contributed by atoms with Gasteiger partial charge in [0.25, 0.3) is 0 Å². The molecule has 1 aliphatic heterocycles. The Morgan fingerprint density at radius 1 is 1.36 bits per heavy atom. The molecule has 2 atom stereocenters. The lowest BCUT2D eigenvalue weighted by Crippen LogP contribution is -2.48. The van der Waals surface area contributed by atoms with Crippen LogP contribution in [0.5, 0.6) is 0 Å². The summed E-state index contributed by atoms with van der Waals surface area (Å²) in [7, 11) is 1.52. The molecule has 2 unspecified atom stereocenters. The number of hydrogen-bond donors (Lipinski definition) is 2. The van der Waals surface area contributed by atoms with Gasteiger partial charge in [0, 0.05) is 18.7 Å². The third-order valence-corrected chi connectivity index (χ3v) is 4.88. The first kappa shape index (κ1) is 17.1. The summed E-state index contributed by atoms with van der Waals surface area (Å²) >= 11 is 1.91. The first-order valence-electron chi connectivity index (χ1n) is 7.53. The molecule has 122 valence electrons. The van der Waals surface area contributed by atoms with Crippen molar-refractivity contribution < 1.29 is 13.9 Å². The minimum atomic E-state index is -0.520. The molecular weight excluding hydrogens is 303 g/mol. The van der Waals surface area contributed by atoms with Gasteiger partial charge in [-0.3, -0.25) is 0 Å². The van der Waals surface area contributed by atoms with Crippen molar-refractivity contribution in [2.75, 3.05) is 18.6 Å². The average Bonchev–Trinajstić information content (AvgIpc) is 2.50. The molecule has 1 aromatic rings. The van der Waals surface area contributed by atoms with E-state index in [-0.39, 0.29) is 23.9 Å². The molecule has 2 N–H and O–H groups in total. The first-order valence-corrected chi connectivity index (χ1v) is 8.69. The van der Waals surface area contributed by atoms with Crippen LogP contribution in [0.1, 0.15) is 31.4 Å². The Morgan fingerprint density at radius 3 is 2.68 bits per heavy atom. The number of rotatable bonds is 5. The number of urea groups is 1. The highest BCUT2D eigenvalue weighted by molar-refractivity contribution is 7.99. The van der Waals surface area contributed by atoms with Gasteiger partial charge in [0.15, 0.2) is 0 Å². The maximum Gasteiger partial charge on any atom is 0.315 e. The highest BCUT2D eigenvalue weighted by Crippen LogP contribution is 2.23. The van der Waals surface area contributed by atoms with E-state index in [4.69, 9.17) is 4.74 Å². The molecule has 0 radical (unpaired) electrons. The van der Waals surface area contributed by atoms with Gasteiger partial charge in [0.05, 0.1) is 6.04 Å². The van der Waals surface area contributed by atoms with Crippen LogP contribution in [0.2, 0.25) is 0 Å². The van der Waals surface area contributed by atoms with Gasteiger partial charge in [0.2, 0.25) is 0 Å². The standard InChI is InChI=1S/C16H23FN2O2S/c1-11(15(21-2)13-5-3-4-6-14(13)17)18-16(20)19-12-7-9-22-10-8-12/h3-6,11-12,15H,7-10H2,1-2H3,(H2,18,19,20). The molecule has 1 heterocycles. The van der Waals surface area contributed by atoms with E-state index in [0.29, 0.717) is 5.56 Å². The molecule has 0 spiro atoms. The van der Waals surface area contributed by atoms with Crippen molar-refractivity contribution in [1.29, 1.82) is 0 Å². The third kappa shape index (κ3) is 4.61. The van der Waals surface area contributed by atoms with Crippen LogP contribution in [0, 0.1) is 5.82 Å². The van der Waals surface area contributed by atoms with E-state index >= 15 is 0 Å². The van der Waals surface area contributed by atoms with Crippen LogP contribution < -0.4 is 10.6 Å². The van der Waals surface area contributed by atoms with Crippen LogP contribution in [-0.4, -0.2) is 36.7 Å². The maximum atomic E-state index is 13.9. The molecular formula is C16H23FN2O2S. The van der Waals surface area contributed by atoms with Crippen LogP contribution in [-0.2, 0) is 4.74 Å². The molecule has 0 aromatic heterocycles. The smallest absolute Gasteiger partial charge is 0.315 e. The number of amides is 2. The zero-order chi connectivity index (χ0) is 15.9. The molecule has 2 rings (SSSR count). The second-order valence-corrected chi connectivity index (χ2v) is 6.70. The summed E-state index contributed by atoms with van der Waals surface area (Å²) in [6, 6.07) is 6.14. The lowest BCUT2D eigenvalue weighted by molar-refractivity contribution is 0.0731. The number of hydrogen-bond acceptors (Lipinski definition) is 3. The summed E-state index contributed by atoms with van der Waals surface area (Å²) < 4.78 is 19.3. The van der Waals surface area contributed by atoms with E-state index in [1.54, 1.807) is 18.2 Å². The number of halogens is 1. The number of carbonyl (C=O) groups is 1. The lowest BCUT2D eigenvalue weighted by atomic mass is 10.0. The van der Waals surface area contributed by atoms with Gasteiger partial charge in [0.1, 0.15) is 11.9 Å². The van der Waals surface area contributed by atoms with Gasteiger partial charge in [-0.2, -0.15) is 11.8 Å². The van der Waals surface area contributed by atoms with E-state index in [1.165, 1.54) is 13.2 Å². The first-order chi connectivity index (χ1) is 10.6. The van der Waals surface area contributed by atoms with E-state index in [2.05, 4.69) is 10.6 Å². The molecule has 6 heteroatoms. The molecule has 1 aliphatic rings. The molecule has 1 saturated heterocycles. The van der Waals surface area contributed by atoms with E-state index in [9.17, 15) is 9.18 Å². The molecule has 1 aromatic carbocycles. The Morgan fingerprint density at radius 2 is 2.05 bits per heavy atom. The molecule has 1 fully saturated rings. The van der Waals surface area contributed by atoms with E-state index in [0.717, 1.165) is 24.3 Å². The molecule has 0 bridgehead atoms. The Balaban J connectivity index is 1.92. The van der Waals surface area contributed by atoms with Gasteiger partial charge in [-0.05, 0) is 37.3 Å². The van der Waals surface area contributed by atoms with Gasteiger partial charge >= 0.3 is 6.03 Å². The minimum Gasteiger partial charge on any atom is -0.375 e. The van der Waals surface area contributed by atoms with E-state index < -0.39 is 6.10 Å². The highest BCUT2D eigenvalue weighted by atomic mass is 32.2. The normalized spacial score (nSPS) is 18.5. The van der Waals surface area contributed by atoms with Crippen molar-refractivity contribution in [2.24, 2.45) is 0 Å². The summed E-state index contributed by atoms with van der Waals surface area (Å²) in [4.78, 5) is 12.1. The predicted molar refractivity (Wildman–Crippen MR) is 87.6 cm³/mol. The number of thioether (sulfide) groups is 1. The number of benzene rings is 1. The number of methoxy groups -OCH3 is 1. The largest absolute Gasteiger partial charge is 0.375 e. The lowest BCUT2D eigenvalue weighted by Gasteiger charge is -2.27. The fraction of sp³-hybridized carbons (Fsp3) is 0.562. The van der Waals surface area contributed by atoms with Crippen molar-refractivity contribution >= 4 is 17.8 Å². The number of ether oxygens (including phenoxy) is 1. The second kappa shape index (κ2) is 8.39. The summed E-state index contributed by atoms with van der Waals surface area (Å²) in [5, 5.41) is 5.84. The van der Waals surface area contributed by atoms with Crippen LogP contribution in [0.3, 0.4) is 0 Å². The van der Waals surface area contributed by atoms with Crippen LogP contribution in [0.25, 0.3) is 0 Å². The highest BCUT2D eigenvalue weighted by Gasteiger charge is 2.24. The number of nitrogens with one attached hydrogen (secondary N) is 2. The summed E-state index contributed by atoms with van der Waals surface area (Å²) in [6.45, 7) is 1.82. The van der Waals surface area contributed by atoms with Crippen molar-refractivity contribution in [3.63, 3.8) is 0 Å². The zero-order valence-corrected chi connectivity index (χ0v) is 13.8. The van der Waals surface area contributed by atoms with Crippen molar-refractivity contribution in [3.8, 4) is 0 Å². The molecule has 0 aliphatic carbocycles. The molecule has 4 nitrogen and oxygen atoms in total. The summed E-state index contributed by atoms with van der Waals surface area (Å²) in [5.74, 6) is 1.83. The van der Waals surface area contributed by atoms with E-state index in [1.807, 2.05) is 18.7 Å². The Bertz CT molecular complexity index is 495. The van der Waals surface area contributed by atoms with Crippen LogP contribution in [0.4, 0.5) is 9.18 Å². The van der Waals surface area contributed by atoms with Crippen LogP contribution >= 0.6 is 11.8 Å². The summed E-state index contributed by atoms with van der Waals surface area (Å²) in [5.41, 5.74) is 0.451. The Kier molecular flexibility index (Phi) is 6.51. The van der Waals surface area contributed by atoms with Gasteiger partial charge < -0.3 is 15.4 Å². The van der Waals surface area contributed by atoms with Crippen molar-refractivity contribution in [1.82, 2.24) is 10.6 Å². The fourth-order valence-corrected chi connectivity index (χ4v) is 3.76. The predicted octanol–water partition coefficient (Wildman–Crippen LogP) is 3.10. The maximum absolute atomic E-state index is 13.9.